The minimum Gasteiger partial charge on any atom is -0.349 e. The molecular formula is C13H17N3OS. The van der Waals surface area contributed by atoms with E-state index in [1.807, 2.05) is 29.1 Å². The highest BCUT2D eigenvalue weighted by atomic mass is 32.1. The lowest BCUT2D eigenvalue weighted by atomic mass is 10.2. The van der Waals surface area contributed by atoms with E-state index in [0.29, 0.717) is 13.1 Å². The van der Waals surface area contributed by atoms with E-state index in [9.17, 15) is 4.79 Å². The zero-order valence-corrected chi connectivity index (χ0v) is 11.7. The van der Waals surface area contributed by atoms with Gasteiger partial charge in [0.15, 0.2) is 0 Å². The molecular weight excluding hydrogens is 246 g/mol. The minimum atomic E-state index is -0.0109. The number of thiophene rings is 1. The Hall–Kier alpha value is -1.62. The predicted molar refractivity (Wildman–Crippen MR) is 73.1 cm³/mol. The van der Waals surface area contributed by atoms with Crippen molar-refractivity contribution in [2.75, 3.05) is 6.54 Å². The molecule has 0 fully saturated rings. The van der Waals surface area contributed by atoms with Crippen LogP contribution in [-0.4, -0.2) is 22.2 Å². The van der Waals surface area contributed by atoms with E-state index in [4.69, 9.17) is 0 Å². The van der Waals surface area contributed by atoms with Gasteiger partial charge in [-0.1, -0.05) is 6.07 Å². The molecule has 18 heavy (non-hydrogen) atoms. The van der Waals surface area contributed by atoms with E-state index in [0.717, 1.165) is 16.3 Å². The molecule has 0 spiro atoms. The van der Waals surface area contributed by atoms with E-state index in [1.165, 1.54) is 16.9 Å². The molecule has 0 aliphatic rings. The maximum absolute atomic E-state index is 11.7. The fourth-order valence-electron chi connectivity index (χ4n) is 1.77. The Morgan fingerprint density at radius 3 is 2.78 bits per heavy atom. The number of hydrogen-bond acceptors (Lipinski definition) is 3. The number of aryl methyl sites for hydroxylation is 1. The molecule has 5 heteroatoms. The van der Waals surface area contributed by atoms with Crippen molar-refractivity contribution in [2.45, 2.75) is 27.3 Å². The average molecular weight is 263 g/mol. The van der Waals surface area contributed by atoms with Crippen molar-refractivity contribution in [2.24, 2.45) is 0 Å². The van der Waals surface area contributed by atoms with Crippen LogP contribution in [0, 0.1) is 20.8 Å². The molecule has 0 radical (unpaired) electrons. The molecule has 2 rings (SSSR count). The normalized spacial score (nSPS) is 10.6. The van der Waals surface area contributed by atoms with Crippen molar-refractivity contribution < 1.29 is 4.79 Å². The number of nitrogens with zero attached hydrogens (tertiary/aromatic N) is 2. The molecule has 0 unspecified atom stereocenters. The molecule has 2 heterocycles. The summed E-state index contributed by atoms with van der Waals surface area (Å²) in [6.07, 6.45) is 0. The lowest BCUT2D eigenvalue weighted by Gasteiger charge is -2.06. The number of carbonyl (C=O) groups is 1. The highest BCUT2D eigenvalue weighted by Gasteiger charge is 2.08. The summed E-state index contributed by atoms with van der Waals surface area (Å²) in [6, 6.07) is 3.71. The fourth-order valence-corrected chi connectivity index (χ4v) is 2.41. The summed E-state index contributed by atoms with van der Waals surface area (Å²) in [7, 11) is 0. The molecule has 96 valence electrons. The first-order valence-corrected chi connectivity index (χ1v) is 6.80. The molecule has 0 bridgehead atoms. The molecule has 2 aromatic rings. The third-order valence-corrected chi connectivity index (χ3v) is 3.97. The van der Waals surface area contributed by atoms with E-state index in [-0.39, 0.29) is 5.91 Å². The van der Waals surface area contributed by atoms with Gasteiger partial charge in [0.1, 0.15) is 0 Å². The summed E-state index contributed by atoms with van der Waals surface area (Å²) in [6.45, 7) is 7.42. The first-order chi connectivity index (χ1) is 8.59. The Bertz CT molecular complexity index is 543. The van der Waals surface area contributed by atoms with E-state index in [2.05, 4.69) is 24.3 Å². The third kappa shape index (κ3) is 2.61. The quantitative estimate of drug-likeness (QED) is 0.920. The van der Waals surface area contributed by atoms with Gasteiger partial charge < -0.3 is 5.32 Å². The molecule has 4 nitrogen and oxygen atoms in total. The van der Waals surface area contributed by atoms with Gasteiger partial charge >= 0.3 is 0 Å². The standard InChI is InChI=1S/C13H17N3OS/c1-9-10(2)15-16(11(9)3)7-6-14-13(17)12-5-4-8-18-12/h4-5,8H,6-7H2,1-3H3,(H,14,17). The maximum Gasteiger partial charge on any atom is 0.261 e. The zero-order valence-electron chi connectivity index (χ0n) is 10.9. The molecule has 0 saturated carbocycles. The number of carbonyl (C=O) groups excluding carboxylic acids is 1. The smallest absolute Gasteiger partial charge is 0.261 e. The lowest BCUT2D eigenvalue weighted by molar-refractivity contribution is 0.0956. The summed E-state index contributed by atoms with van der Waals surface area (Å²) in [5, 5.41) is 9.24. The molecule has 1 amide bonds. The van der Waals surface area contributed by atoms with E-state index in [1.54, 1.807) is 0 Å². The first kappa shape index (κ1) is 12.8. The number of rotatable bonds is 4. The van der Waals surface area contributed by atoms with Crippen molar-refractivity contribution in [3.8, 4) is 0 Å². The fraction of sp³-hybridized carbons (Fsp3) is 0.385. The summed E-state index contributed by atoms with van der Waals surface area (Å²) in [5.74, 6) is -0.0109. The number of hydrogen-bond donors (Lipinski definition) is 1. The van der Waals surface area contributed by atoms with Crippen molar-refractivity contribution in [1.29, 1.82) is 0 Å². The van der Waals surface area contributed by atoms with Crippen LogP contribution in [0.5, 0.6) is 0 Å². The van der Waals surface area contributed by atoms with Crippen LogP contribution < -0.4 is 5.32 Å². The Morgan fingerprint density at radius 1 is 1.44 bits per heavy atom. The second-order valence-electron chi connectivity index (χ2n) is 4.25. The van der Waals surface area contributed by atoms with E-state index >= 15 is 0 Å². The van der Waals surface area contributed by atoms with Crippen LogP contribution in [0.2, 0.25) is 0 Å². The second kappa shape index (κ2) is 5.35. The topological polar surface area (TPSA) is 46.9 Å². The van der Waals surface area contributed by atoms with Crippen molar-refractivity contribution in [3.05, 3.63) is 39.3 Å². The van der Waals surface area contributed by atoms with Gasteiger partial charge in [-0.25, -0.2) is 0 Å². The van der Waals surface area contributed by atoms with Crippen LogP contribution in [0.15, 0.2) is 17.5 Å². The second-order valence-corrected chi connectivity index (χ2v) is 5.20. The summed E-state index contributed by atoms with van der Waals surface area (Å²) >= 11 is 1.45. The number of amides is 1. The van der Waals surface area contributed by atoms with Crippen molar-refractivity contribution >= 4 is 17.2 Å². The Morgan fingerprint density at radius 2 is 2.22 bits per heavy atom. The van der Waals surface area contributed by atoms with Gasteiger partial charge in [0.25, 0.3) is 5.91 Å². The molecule has 1 N–H and O–H groups in total. The SMILES string of the molecule is Cc1nn(CCNC(=O)c2cccs2)c(C)c1C. The van der Waals surface area contributed by atoms with Crippen molar-refractivity contribution in [3.63, 3.8) is 0 Å². The van der Waals surface area contributed by atoms with Crippen LogP contribution in [-0.2, 0) is 6.54 Å². The lowest BCUT2D eigenvalue weighted by Crippen LogP contribution is -2.27. The van der Waals surface area contributed by atoms with Crippen LogP contribution >= 0.6 is 11.3 Å². The van der Waals surface area contributed by atoms with Gasteiger partial charge in [0.05, 0.1) is 17.1 Å². The van der Waals surface area contributed by atoms with Gasteiger partial charge in [-0.15, -0.1) is 11.3 Å². The highest BCUT2D eigenvalue weighted by Crippen LogP contribution is 2.10. The molecule has 2 aromatic heterocycles. The van der Waals surface area contributed by atoms with E-state index < -0.39 is 0 Å². The average Bonchev–Trinajstić information content (AvgIpc) is 2.95. The van der Waals surface area contributed by atoms with Crippen LogP contribution in [0.4, 0.5) is 0 Å². The predicted octanol–water partition coefficient (Wildman–Crippen LogP) is 2.30. The molecule has 0 saturated heterocycles. The Balaban J connectivity index is 1.89. The minimum absolute atomic E-state index is 0.0109. The highest BCUT2D eigenvalue weighted by molar-refractivity contribution is 7.12. The first-order valence-electron chi connectivity index (χ1n) is 5.92. The van der Waals surface area contributed by atoms with Gasteiger partial charge in [-0.05, 0) is 37.8 Å². The molecule has 0 aromatic carbocycles. The molecule has 0 aliphatic carbocycles. The van der Waals surface area contributed by atoms with Gasteiger partial charge in [-0.3, -0.25) is 9.48 Å². The third-order valence-electron chi connectivity index (χ3n) is 3.10. The molecule has 0 aliphatic heterocycles. The summed E-state index contributed by atoms with van der Waals surface area (Å²) < 4.78 is 1.94. The number of aromatic nitrogens is 2. The van der Waals surface area contributed by atoms with Crippen LogP contribution in [0.3, 0.4) is 0 Å². The van der Waals surface area contributed by atoms with Crippen molar-refractivity contribution in [1.82, 2.24) is 15.1 Å². The Labute approximate surface area is 111 Å². The van der Waals surface area contributed by atoms with Gasteiger partial charge in [0, 0.05) is 12.2 Å². The molecule has 0 atom stereocenters. The monoisotopic (exact) mass is 263 g/mol. The van der Waals surface area contributed by atoms with Crippen LogP contribution in [0.1, 0.15) is 26.6 Å². The largest absolute Gasteiger partial charge is 0.349 e. The van der Waals surface area contributed by atoms with Gasteiger partial charge in [0.2, 0.25) is 0 Å². The summed E-state index contributed by atoms with van der Waals surface area (Å²) in [5.41, 5.74) is 3.44. The zero-order chi connectivity index (χ0) is 13.1. The number of nitrogens with one attached hydrogen (secondary N) is 1. The Kier molecular flexibility index (Phi) is 3.81. The van der Waals surface area contributed by atoms with Gasteiger partial charge in [-0.2, -0.15) is 5.10 Å². The van der Waals surface area contributed by atoms with Crippen LogP contribution in [0.25, 0.3) is 0 Å². The summed E-state index contributed by atoms with van der Waals surface area (Å²) in [4.78, 5) is 12.5. The maximum atomic E-state index is 11.7.